The van der Waals surface area contributed by atoms with Crippen LogP contribution in [0.15, 0.2) is 0 Å². The zero-order chi connectivity index (χ0) is 11.5. The van der Waals surface area contributed by atoms with E-state index in [0.29, 0.717) is 18.1 Å². The molecule has 2 rings (SSSR count). The molecule has 16 heavy (non-hydrogen) atoms. The Hall–Kier alpha value is -0.120. The van der Waals surface area contributed by atoms with Crippen LogP contribution in [0.1, 0.15) is 33.6 Å². The molecule has 2 aliphatic heterocycles. The molecule has 0 aromatic carbocycles. The van der Waals surface area contributed by atoms with Crippen molar-refractivity contribution in [2.45, 2.75) is 51.8 Å². The van der Waals surface area contributed by atoms with Gasteiger partial charge in [0.15, 0.2) is 0 Å². The largest absolute Gasteiger partial charge is 0.374 e. The first-order chi connectivity index (χ1) is 7.66. The van der Waals surface area contributed by atoms with E-state index in [0.717, 1.165) is 25.7 Å². The van der Waals surface area contributed by atoms with Gasteiger partial charge in [0.1, 0.15) is 0 Å². The molecule has 1 N–H and O–H groups in total. The zero-order valence-electron chi connectivity index (χ0n) is 10.9. The van der Waals surface area contributed by atoms with E-state index in [2.05, 4.69) is 31.0 Å². The standard InChI is InChI=1S/C13H26N2O/c1-10(2)11(3)14-7-13-8-15-6-4-5-12(15)9-16-13/h10-14H,4-9H2,1-3H3. The first kappa shape index (κ1) is 12.3. The van der Waals surface area contributed by atoms with E-state index in [1.54, 1.807) is 0 Å². The molecule has 94 valence electrons. The van der Waals surface area contributed by atoms with Crippen LogP contribution in [0.25, 0.3) is 0 Å². The average Bonchev–Trinajstić information content (AvgIpc) is 2.72. The van der Waals surface area contributed by atoms with Gasteiger partial charge in [0.2, 0.25) is 0 Å². The Morgan fingerprint density at radius 2 is 2.19 bits per heavy atom. The maximum atomic E-state index is 5.92. The van der Waals surface area contributed by atoms with Gasteiger partial charge in [-0.25, -0.2) is 0 Å². The summed E-state index contributed by atoms with van der Waals surface area (Å²) in [7, 11) is 0. The Morgan fingerprint density at radius 3 is 2.94 bits per heavy atom. The summed E-state index contributed by atoms with van der Waals surface area (Å²) in [5.41, 5.74) is 0. The Labute approximate surface area is 99.5 Å². The van der Waals surface area contributed by atoms with Gasteiger partial charge in [0.25, 0.3) is 0 Å². The quantitative estimate of drug-likeness (QED) is 0.786. The molecule has 2 aliphatic rings. The minimum absolute atomic E-state index is 0.399. The minimum atomic E-state index is 0.399. The zero-order valence-corrected chi connectivity index (χ0v) is 10.9. The number of hydrogen-bond donors (Lipinski definition) is 1. The Kier molecular flexibility index (Phi) is 4.22. The summed E-state index contributed by atoms with van der Waals surface area (Å²) < 4.78 is 5.92. The van der Waals surface area contributed by atoms with Crippen LogP contribution in [0, 0.1) is 5.92 Å². The number of morpholine rings is 1. The van der Waals surface area contributed by atoms with Gasteiger partial charge in [-0.3, -0.25) is 4.90 Å². The summed E-state index contributed by atoms with van der Waals surface area (Å²) in [6.07, 6.45) is 3.09. The highest BCUT2D eigenvalue weighted by Crippen LogP contribution is 2.22. The summed E-state index contributed by atoms with van der Waals surface area (Å²) in [4.78, 5) is 2.61. The smallest absolute Gasteiger partial charge is 0.0827 e. The van der Waals surface area contributed by atoms with Gasteiger partial charge in [-0.1, -0.05) is 13.8 Å². The number of ether oxygens (including phenoxy) is 1. The summed E-state index contributed by atoms with van der Waals surface area (Å²) in [6, 6.07) is 1.30. The van der Waals surface area contributed by atoms with E-state index in [1.165, 1.54) is 19.4 Å². The van der Waals surface area contributed by atoms with Crippen molar-refractivity contribution >= 4 is 0 Å². The van der Waals surface area contributed by atoms with Gasteiger partial charge in [-0.15, -0.1) is 0 Å². The second-order valence-corrected chi connectivity index (χ2v) is 5.69. The predicted molar refractivity (Wildman–Crippen MR) is 66.6 cm³/mol. The molecule has 0 spiro atoms. The molecule has 2 heterocycles. The van der Waals surface area contributed by atoms with Crippen molar-refractivity contribution < 1.29 is 4.74 Å². The lowest BCUT2D eigenvalue weighted by Gasteiger charge is -2.36. The summed E-state index contributed by atoms with van der Waals surface area (Å²) >= 11 is 0. The van der Waals surface area contributed by atoms with Crippen LogP contribution in [0.4, 0.5) is 0 Å². The average molecular weight is 226 g/mol. The molecular formula is C13H26N2O. The molecule has 3 atom stereocenters. The third-order valence-electron chi connectivity index (χ3n) is 4.13. The van der Waals surface area contributed by atoms with E-state index in [-0.39, 0.29) is 0 Å². The van der Waals surface area contributed by atoms with Gasteiger partial charge >= 0.3 is 0 Å². The van der Waals surface area contributed by atoms with Crippen LogP contribution in [0.2, 0.25) is 0 Å². The van der Waals surface area contributed by atoms with Crippen molar-refractivity contribution in [1.29, 1.82) is 0 Å². The molecule has 3 nitrogen and oxygen atoms in total. The van der Waals surface area contributed by atoms with Crippen molar-refractivity contribution in [2.75, 3.05) is 26.2 Å². The SMILES string of the molecule is CC(C)C(C)NCC1CN2CCCC2CO1. The number of hydrogen-bond acceptors (Lipinski definition) is 3. The Morgan fingerprint density at radius 1 is 1.38 bits per heavy atom. The highest BCUT2D eigenvalue weighted by molar-refractivity contribution is 4.86. The molecule has 3 heteroatoms. The van der Waals surface area contributed by atoms with Crippen LogP contribution in [-0.4, -0.2) is 49.3 Å². The van der Waals surface area contributed by atoms with Crippen molar-refractivity contribution in [3.63, 3.8) is 0 Å². The fraction of sp³-hybridized carbons (Fsp3) is 1.00. The molecule has 2 saturated heterocycles. The molecule has 3 unspecified atom stereocenters. The Bertz CT molecular complexity index is 220. The highest BCUT2D eigenvalue weighted by atomic mass is 16.5. The highest BCUT2D eigenvalue weighted by Gasteiger charge is 2.32. The van der Waals surface area contributed by atoms with E-state index < -0.39 is 0 Å². The van der Waals surface area contributed by atoms with E-state index >= 15 is 0 Å². The van der Waals surface area contributed by atoms with Crippen LogP contribution in [0.5, 0.6) is 0 Å². The maximum absolute atomic E-state index is 5.92. The monoisotopic (exact) mass is 226 g/mol. The van der Waals surface area contributed by atoms with Crippen molar-refractivity contribution in [3.8, 4) is 0 Å². The molecule has 0 radical (unpaired) electrons. The summed E-state index contributed by atoms with van der Waals surface area (Å²) in [5, 5.41) is 3.58. The molecule has 0 amide bonds. The molecular weight excluding hydrogens is 200 g/mol. The van der Waals surface area contributed by atoms with E-state index in [1.807, 2.05) is 0 Å². The van der Waals surface area contributed by atoms with E-state index in [4.69, 9.17) is 4.74 Å². The fourth-order valence-corrected chi connectivity index (χ4v) is 2.56. The second kappa shape index (κ2) is 5.48. The fourth-order valence-electron chi connectivity index (χ4n) is 2.56. The third-order valence-corrected chi connectivity index (χ3v) is 4.13. The van der Waals surface area contributed by atoms with Gasteiger partial charge < -0.3 is 10.1 Å². The second-order valence-electron chi connectivity index (χ2n) is 5.69. The first-order valence-electron chi connectivity index (χ1n) is 6.76. The van der Waals surface area contributed by atoms with Crippen LogP contribution < -0.4 is 5.32 Å². The predicted octanol–water partition coefficient (Wildman–Crippen LogP) is 1.48. The van der Waals surface area contributed by atoms with Crippen molar-refractivity contribution in [3.05, 3.63) is 0 Å². The molecule has 0 aromatic rings. The minimum Gasteiger partial charge on any atom is -0.374 e. The van der Waals surface area contributed by atoms with Crippen LogP contribution >= 0.6 is 0 Å². The number of rotatable bonds is 4. The summed E-state index contributed by atoms with van der Waals surface area (Å²) in [6.45, 7) is 11.1. The van der Waals surface area contributed by atoms with Gasteiger partial charge in [-0.05, 0) is 32.2 Å². The molecule has 0 bridgehead atoms. The molecule has 2 fully saturated rings. The van der Waals surface area contributed by atoms with Gasteiger partial charge in [-0.2, -0.15) is 0 Å². The maximum Gasteiger partial charge on any atom is 0.0827 e. The Balaban J connectivity index is 1.71. The normalized spacial score (nSPS) is 33.0. The van der Waals surface area contributed by atoms with E-state index in [9.17, 15) is 0 Å². The third kappa shape index (κ3) is 2.96. The van der Waals surface area contributed by atoms with Crippen LogP contribution in [0.3, 0.4) is 0 Å². The topological polar surface area (TPSA) is 24.5 Å². The molecule has 0 aliphatic carbocycles. The lowest BCUT2D eigenvalue weighted by atomic mass is 10.1. The van der Waals surface area contributed by atoms with Crippen LogP contribution in [-0.2, 0) is 4.74 Å². The number of fused-ring (bicyclic) bond motifs is 1. The molecule has 0 aromatic heterocycles. The van der Waals surface area contributed by atoms with Gasteiger partial charge in [0.05, 0.1) is 12.7 Å². The van der Waals surface area contributed by atoms with Crippen molar-refractivity contribution in [2.24, 2.45) is 5.92 Å². The number of nitrogens with zero attached hydrogens (tertiary/aromatic N) is 1. The first-order valence-corrected chi connectivity index (χ1v) is 6.76. The lowest BCUT2D eigenvalue weighted by molar-refractivity contribution is -0.0481. The molecule has 0 saturated carbocycles. The lowest BCUT2D eigenvalue weighted by Crippen LogP contribution is -2.50. The number of nitrogens with one attached hydrogen (secondary N) is 1. The summed E-state index contributed by atoms with van der Waals surface area (Å²) in [5.74, 6) is 0.697. The van der Waals surface area contributed by atoms with Crippen molar-refractivity contribution in [1.82, 2.24) is 10.2 Å². The van der Waals surface area contributed by atoms with Gasteiger partial charge in [0, 0.05) is 25.2 Å².